The molecule has 0 atom stereocenters. The number of carbonyl (C=O) groups excluding carboxylic acids is 1. The van der Waals surface area contributed by atoms with Gasteiger partial charge >= 0.3 is 0 Å². The third kappa shape index (κ3) is 5.16. The molecule has 0 bridgehead atoms. The largest absolute Gasteiger partial charge is 0.388 e. The maximum atomic E-state index is 11.8. The van der Waals surface area contributed by atoms with Crippen molar-refractivity contribution in [2.75, 3.05) is 51.5 Å². The molecule has 1 amide bonds. The highest BCUT2D eigenvalue weighted by Crippen LogP contribution is 2.14. The number of ether oxygens (including phenoxy) is 1. The van der Waals surface area contributed by atoms with Gasteiger partial charge in [-0.2, -0.15) is 0 Å². The van der Waals surface area contributed by atoms with E-state index in [9.17, 15) is 4.79 Å². The molecule has 2 N–H and O–H groups in total. The third-order valence-corrected chi connectivity index (χ3v) is 2.53. The summed E-state index contributed by atoms with van der Waals surface area (Å²) in [5.41, 5.74) is 1.77. The quantitative estimate of drug-likeness (QED) is 0.765. The molecular formula is C13H21N3O2. The molecule has 1 rings (SSSR count). The first-order chi connectivity index (χ1) is 8.65. The Labute approximate surface area is 108 Å². The Hall–Kier alpha value is -1.59. The minimum Gasteiger partial charge on any atom is -0.388 e. The van der Waals surface area contributed by atoms with Crippen molar-refractivity contribution in [2.45, 2.75) is 0 Å². The Morgan fingerprint density at radius 1 is 1.39 bits per heavy atom. The molecule has 0 aliphatic heterocycles. The lowest BCUT2D eigenvalue weighted by Crippen LogP contribution is -2.32. The monoisotopic (exact) mass is 251 g/mol. The number of anilines is 2. The normalized spacial score (nSPS) is 10.4. The molecule has 5 nitrogen and oxygen atoms in total. The number of likely N-dealkylation sites (N-methyl/N-ethyl adjacent to an activating group) is 1. The Morgan fingerprint density at radius 2 is 2.11 bits per heavy atom. The highest BCUT2D eigenvalue weighted by molar-refractivity contribution is 5.92. The number of benzene rings is 1. The van der Waals surface area contributed by atoms with E-state index in [2.05, 4.69) is 10.6 Å². The lowest BCUT2D eigenvalue weighted by Gasteiger charge is -2.15. The summed E-state index contributed by atoms with van der Waals surface area (Å²) >= 11 is 0. The molecule has 0 fully saturated rings. The molecule has 0 saturated heterocycles. The van der Waals surface area contributed by atoms with Crippen LogP contribution >= 0.6 is 0 Å². The second-order valence-electron chi connectivity index (χ2n) is 4.11. The van der Waals surface area contributed by atoms with Gasteiger partial charge in [0.2, 0.25) is 5.91 Å². The van der Waals surface area contributed by atoms with Gasteiger partial charge in [0.1, 0.15) is 0 Å². The van der Waals surface area contributed by atoms with Gasteiger partial charge < -0.3 is 15.4 Å². The summed E-state index contributed by atoms with van der Waals surface area (Å²) in [6, 6.07) is 7.61. The average Bonchev–Trinajstić information content (AvgIpc) is 2.36. The van der Waals surface area contributed by atoms with Crippen LogP contribution in [-0.2, 0) is 9.53 Å². The first kappa shape index (κ1) is 14.5. The van der Waals surface area contributed by atoms with E-state index in [0.29, 0.717) is 13.2 Å². The van der Waals surface area contributed by atoms with Gasteiger partial charge in [0.15, 0.2) is 0 Å². The van der Waals surface area contributed by atoms with E-state index < -0.39 is 0 Å². The van der Waals surface area contributed by atoms with Crippen LogP contribution in [0.25, 0.3) is 0 Å². The molecule has 0 heterocycles. The fraction of sp³-hybridized carbons (Fsp3) is 0.462. The number of nitrogens with one attached hydrogen (secondary N) is 2. The summed E-state index contributed by atoms with van der Waals surface area (Å²) in [7, 11) is 5.39. The highest BCUT2D eigenvalue weighted by atomic mass is 16.5. The first-order valence-electron chi connectivity index (χ1n) is 5.91. The van der Waals surface area contributed by atoms with E-state index in [4.69, 9.17) is 4.74 Å². The van der Waals surface area contributed by atoms with Crippen LogP contribution in [0.3, 0.4) is 0 Å². The molecule has 0 aliphatic carbocycles. The van der Waals surface area contributed by atoms with Crippen LogP contribution in [0.15, 0.2) is 24.3 Å². The van der Waals surface area contributed by atoms with Gasteiger partial charge in [-0.25, -0.2) is 0 Å². The summed E-state index contributed by atoms with van der Waals surface area (Å²) in [5, 5.41) is 5.89. The van der Waals surface area contributed by atoms with Gasteiger partial charge in [-0.05, 0) is 25.2 Å². The van der Waals surface area contributed by atoms with Crippen LogP contribution in [0.2, 0.25) is 0 Å². The van der Waals surface area contributed by atoms with Crippen molar-refractivity contribution in [3.05, 3.63) is 24.3 Å². The minimum absolute atomic E-state index is 0.0261. The average molecular weight is 251 g/mol. The SMILES string of the molecule is CNc1cccc(NC(=O)CN(C)CCOC)c1. The molecule has 0 unspecified atom stereocenters. The Morgan fingerprint density at radius 3 is 2.78 bits per heavy atom. The van der Waals surface area contributed by atoms with Crippen molar-refractivity contribution in [1.82, 2.24) is 4.90 Å². The molecular weight excluding hydrogens is 230 g/mol. The fourth-order valence-electron chi connectivity index (χ4n) is 1.52. The fourth-order valence-corrected chi connectivity index (χ4v) is 1.52. The van der Waals surface area contributed by atoms with Crippen LogP contribution in [0.1, 0.15) is 0 Å². The number of hydrogen-bond acceptors (Lipinski definition) is 4. The summed E-state index contributed by atoms with van der Waals surface area (Å²) < 4.78 is 4.96. The summed E-state index contributed by atoms with van der Waals surface area (Å²) in [6.45, 7) is 1.71. The maximum absolute atomic E-state index is 11.8. The molecule has 0 aliphatic rings. The molecule has 1 aromatic carbocycles. The van der Waals surface area contributed by atoms with E-state index in [1.807, 2.05) is 43.3 Å². The molecule has 0 radical (unpaired) electrons. The van der Waals surface area contributed by atoms with Gasteiger partial charge in [-0.15, -0.1) is 0 Å². The van der Waals surface area contributed by atoms with E-state index in [0.717, 1.165) is 17.9 Å². The molecule has 18 heavy (non-hydrogen) atoms. The zero-order valence-corrected chi connectivity index (χ0v) is 11.2. The molecule has 0 aromatic heterocycles. The first-order valence-corrected chi connectivity index (χ1v) is 5.91. The van der Waals surface area contributed by atoms with Crippen LogP contribution in [-0.4, -0.2) is 51.7 Å². The summed E-state index contributed by atoms with van der Waals surface area (Å²) in [4.78, 5) is 13.7. The Bertz CT molecular complexity index is 382. The van der Waals surface area contributed by atoms with Crippen LogP contribution in [0, 0.1) is 0 Å². The predicted molar refractivity (Wildman–Crippen MR) is 74.0 cm³/mol. The number of hydrogen-bond donors (Lipinski definition) is 2. The Kier molecular flexibility index (Phi) is 6.18. The van der Waals surface area contributed by atoms with Crippen LogP contribution < -0.4 is 10.6 Å². The number of nitrogens with zero attached hydrogens (tertiary/aromatic N) is 1. The van der Waals surface area contributed by atoms with Crippen LogP contribution in [0.4, 0.5) is 11.4 Å². The van der Waals surface area contributed by atoms with Crippen molar-refractivity contribution in [3.63, 3.8) is 0 Å². The van der Waals surface area contributed by atoms with E-state index in [-0.39, 0.29) is 5.91 Å². The molecule has 5 heteroatoms. The van der Waals surface area contributed by atoms with Gasteiger partial charge in [0.25, 0.3) is 0 Å². The second kappa shape index (κ2) is 7.68. The number of methoxy groups -OCH3 is 1. The van der Waals surface area contributed by atoms with E-state index >= 15 is 0 Å². The van der Waals surface area contributed by atoms with Gasteiger partial charge in [0, 0.05) is 32.1 Å². The topological polar surface area (TPSA) is 53.6 Å². The van der Waals surface area contributed by atoms with Gasteiger partial charge in [-0.1, -0.05) is 6.07 Å². The van der Waals surface area contributed by atoms with Gasteiger partial charge in [-0.3, -0.25) is 9.69 Å². The zero-order chi connectivity index (χ0) is 13.4. The van der Waals surface area contributed by atoms with Gasteiger partial charge in [0.05, 0.1) is 13.2 Å². The summed E-state index contributed by atoms with van der Waals surface area (Å²) in [5.74, 6) is -0.0261. The molecule has 1 aromatic rings. The standard InChI is InChI=1S/C13H21N3O2/c1-14-11-5-4-6-12(9-11)15-13(17)10-16(2)7-8-18-3/h4-6,9,14H,7-8,10H2,1-3H3,(H,15,17). The van der Waals surface area contributed by atoms with E-state index in [1.165, 1.54) is 0 Å². The van der Waals surface area contributed by atoms with Crippen LogP contribution in [0.5, 0.6) is 0 Å². The maximum Gasteiger partial charge on any atom is 0.238 e. The Balaban J connectivity index is 2.43. The van der Waals surface area contributed by atoms with Crippen molar-refractivity contribution in [2.24, 2.45) is 0 Å². The number of carbonyl (C=O) groups is 1. The lowest BCUT2D eigenvalue weighted by molar-refractivity contribution is -0.117. The second-order valence-corrected chi connectivity index (χ2v) is 4.11. The van der Waals surface area contributed by atoms with Crippen molar-refractivity contribution in [3.8, 4) is 0 Å². The zero-order valence-electron chi connectivity index (χ0n) is 11.2. The molecule has 100 valence electrons. The highest BCUT2D eigenvalue weighted by Gasteiger charge is 2.06. The smallest absolute Gasteiger partial charge is 0.238 e. The summed E-state index contributed by atoms with van der Waals surface area (Å²) in [6.07, 6.45) is 0. The van der Waals surface area contributed by atoms with Crippen molar-refractivity contribution in [1.29, 1.82) is 0 Å². The minimum atomic E-state index is -0.0261. The molecule has 0 spiro atoms. The number of rotatable bonds is 7. The lowest BCUT2D eigenvalue weighted by atomic mass is 10.2. The molecule has 0 saturated carbocycles. The van der Waals surface area contributed by atoms with Crippen molar-refractivity contribution >= 4 is 17.3 Å². The van der Waals surface area contributed by atoms with E-state index in [1.54, 1.807) is 7.11 Å². The third-order valence-electron chi connectivity index (χ3n) is 2.53. The predicted octanol–water partition coefficient (Wildman–Crippen LogP) is 1.24. The van der Waals surface area contributed by atoms with Crippen molar-refractivity contribution < 1.29 is 9.53 Å². The number of amides is 1.